The summed E-state index contributed by atoms with van der Waals surface area (Å²) in [5.74, 6) is -0.256. The number of halogens is 2. The Morgan fingerprint density at radius 1 is 1.22 bits per heavy atom. The number of benzene rings is 2. The maximum absolute atomic E-state index is 13.2. The monoisotopic (exact) mass is 383 g/mol. The van der Waals surface area contributed by atoms with Crippen LogP contribution in [0.4, 0.5) is 10.1 Å². The minimum Gasteiger partial charge on any atom is -0.309 e. The van der Waals surface area contributed by atoms with Gasteiger partial charge in [-0.1, -0.05) is 23.7 Å². The highest BCUT2D eigenvalue weighted by Crippen LogP contribution is 2.30. The molecule has 2 heterocycles. The standard InChI is InChI=1S/C21H19ClFN3O/c1-14-15(4-2-5-18(14)22)12-21(27)25-11-3-6-19-20(25)13-24-26(19)17-9-7-16(23)8-10-17/h2,4-5,7-10,13H,3,6,11-12H2,1H3. The number of hydrogen-bond donors (Lipinski definition) is 0. The summed E-state index contributed by atoms with van der Waals surface area (Å²) < 4.78 is 15.0. The molecular weight excluding hydrogens is 365 g/mol. The Morgan fingerprint density at radius 2 is 2.00 bits per heavy atom. The van der Waals surface area contributed by atoms with Crippen LogP contribution in [0.1, 0.15) is 23.2 Å². The normalized spacial score (nSPS) is 13.5. The van der Waals surface area contributed by atoms with Crippen molar-refractivity contribution >= 4 is 23.2 Å². The first-order valence-corrected chi connectivity index (χ1v) is 9.29. The third kappa shape index (κ3) is 3.35. The zero-order valence-electron chi connectivity index (χ0n) is 15.0. The Kier molecular flexibility index (Phi) is 4.70. The third-order valence-corrected chi connectivity index (χ3v) is 5.44. The van der Waals surface area contributed by atoms with E-state index in [9.17, 15) is 9.18 Å². The lowest BCUT2D eigenvalue weighted by Crippen LogP contribution is -2.36. The number of hydrogen-bond acceptors (Lipinski definition) is 2. The van der Waals surface area contributed by atoms with Gasteiger partial charge in [0.25, 0.3) is 0 Å². The molecule has 0 saturated carbocycles. The molecule has 1 aromatic heterocycles. The highest BCUT2D eigenvalue weighted by molar-refractivity contribution is 6.31. The van der Waals surface area contributed by atoms with Crippen LogP contribution < -0.4 is 4.90 Å². The molecule has 1 amide bonds. The molecule has 0 spiro atoms. The van der Waals surface area contributed by atoms with Crippen molar-refractivity contribution in [3.63, 3.8) is 0 Å². The molecule has 0 fully saturated rings. The SMILES string of the molecule is Cc1c(Cl)cccc1CC(=O)N1CCCc2c1cnn2-c1ccc(F)cc1. The second-order valence-electron chi connectivity index (χ2n) is 6.71. The molecular formula is C21H19ClFN3O. The summed E-state index contributed by atoms with van der Waals surface area (Å²) in [6, 6.07) is 11.8. The maximum Gasteiger partial charge on any atom is 0.231 e. The van der Waals surface area contributed by atoms with E-state index in [1.807, 2.05) is 25.1 Å². The fourth-order valence-corrected chi connectivity index (χ4v) is 3.71. The Labute approximate surface area is 162 Å². The first-order valence-electron chi connectivity index (χ1n) is 8.92. The molecule has 1 aliphatic heterocycles. The molecule has 4 rings (SSSR count). The van der Waals surface area contributed by atoms with Crippen LogP contribution in [0, 0.1) is 12.7 Å². The Bertz CT molecular complexity index is 997. The van der Waals surface area contributed by atoms with Crippen molar-refractivity contribution in [3.05, 3.63) is 76.3 Å². The number of anilines is 1. The summed E-state index contributed by atoms with van der Waals surface area (Å²) in [7, 11) is 0. The highest BCUT2D eigenvalue weighted by atomic mass is 35.5. The van der Waals surface area contributed by atoms with E-state index >= 15 is 0 Å². The second-order valence-corrected chi connectivity index (χ2v) is 7.12. The van der Waals surface area contributed by atoms with Gasteiger partial charge in [0, 0.05) is 11.6 Å². The number of amides is 1. The van der Waals surface area contributed by atoms with Crippen molar-refractivity contribution in [2.45, 2.75) is 26.2 Å². The fourth-order valence-electron chi connectivity index (χ4n) is 3.52. The van der Waals surface area contributed by atoms with Gasteiger partial charge >= 0.3 is 0 Å². The van der Waals surface area contributed by atoms with Crippen molar-refractivity contribution in [3.8, 4) is 5.69 Å². The summed E-state index contributed by atoms with van der Waals surface area (Å²) in [5, 5.41) is 5.12. The van der Waals surface area contributed by atoms with Crippen LogP contribution in [-0.2, 0) is 17.6 Å². The number of fused-ring (bicyclic) bond motifs is 1. The van der Waals surface area contributed by atoms with Crippen LogP contribution in [0.15, 0.2) is 48.7 Å². The van der Waals surface area contributed by atoms with Crippen LogP contribution in [0.5, 0.6) is 0 Å². The molecule has 138 valence electrons. The van der Waals surface area contributed by atoms with E-state index in [1.165, 1.54) is 12.1 Å². The lowest BCUT2D eigenvalue weighted by Gasteiger charge is -2.27. The topological polar surface area (TPSA) is 38.1 Å². The molecule has 3 aromatic rings. The van der Waals surface area contributed by atoms with E-state index in [-0.39, 0.29) is 11.7 Å². The molecule has 27 heavy (non-hydrogen) atoms. The highest BCUT2D eigenvalue weighted by Gasteiger charge is 2.27. The van der Waals surface area contributed by atoms with Crippen molar-refractivity contribution in [2.75, 3.05) is 11.4 Å². The number of nitrogens with zero attached hydrogens (tertiary/aromatic N) is 3. The van der Waals surface area contributed by atoms with Gasteiger partial charge in [0.2, 0.25) is 5.91 Å². The number of rotatable bonds is 3. The van der Waals surface area contributed by atoms with E-state index < -0.39 is 0 Å². The van der Waals surface area contributed by atoms with Gasteiger partial charge in [-0.2, -0.15) is 5.10 Å². The van der Waals surface area contributed by atoms with Crippen molar-refractivity contribution in [1.82, 2.24) is 9.78 Å². The van der Waals surface area contributed by atoms with Crippen LogP contribution >= 0.6 is 11.6 Å². The fraction of sp³-hybridized carbons (Fsp3) is 0.238. The summed E-state index contributed by atoms with van der Waals surface area (Å²) >= 11 is 6.18. The molecule has 0 atom stereocenters. The molecule has 4 nitrogen and oxygen atoms in total. The van der Waals surface area contributed by atoms with Gasteiger partial charge in [-0.15, -0.1) is 0 Å². The quantitative estimate of drug-likeness (QED) is 0.668. The van der Waals surface area contributed by atoms with Gasteiger partial charge in [0.1, 0.15) is 5.82 Å². The summed E-state index contributed by atoms with van der Waals surface area (Å²) in [6.45, 7) is 2.60. The Morgan fingerprint density at radius 3 is 2.78 bits per heavy atom. The molecule has 0 aliphatic carbocycles. The van der Waals surface area contributed by atoms with E-state index in [2.05, 4.69) is 5.10 Å². The predicted octanol–water partition coefficient (Wildman–Crippen LogP) is 4.50. The molecule has 6 heteroatoms. The predicted molar refractivity (Wildman–Crippen MR) is 104 cm³/mol. The zero-order chi connectivity index (χ0) is 19.0. The molecule has 0 N–H and O–H groups in total. The molecule has 2 aromatic carbocycles. The summed E-state index contributed by atoms with van der Waals surface area (Å²) in [6.07, 6.45) is 3.71. The van der Waals surface area contributed by atoms with Gasteiger partial charge in [0.15, 0.2) is 0 Å². The van der Waals surface area contributed by atoms with Gasteiger partial charge in [-0.25, -0.2) is 9.07 Å². The van der Waals surface area contributed by atoms with E-state index in [0.717, 1.165) is 41.0 Å². The molecule has 1 aliphatic rings. The maximum atomic E-state index is 13.2. The lowest BCUT2D eigenvalue weighted by molar-refractivity contribution is -0.118. The van der Waals surface area contributed by atoms with Crippen LogP contribution in [-0.4, -0.2) is 22.2 Å². The van der Waals surface area contributed by atoms with Crippen molar-refractivity contribution in [1.29, 1.82) is 0 Å². The molecule has 0 unspecified atom stereocenters. The molecule has 0 radical (unpaired) electrons. The first kappa shape index (κ1) is 17.7. The van der Waals surface area contributed by atoms with E-state index in [0.29, 0.717) is 18.0 Å². The molecule has 0 saturated heterocycles. The van der Waals surface area contributed by atoms with E-state index in [4.69, 9.17) is 11.6 Å². The number of carbonyl (C=O) groups excluding carboxylic acids is 1. The van der Waals surface area contributed by atoms with Crippen LogP contribution in [0.2, 0.25) is 5.02 Å². The number of aromatic nitrogens is 2. The van der Waals surface area contributed by atoms with Gasteiger partial charge in [-0.3, -0.25) is 4.79 Å². The smallest absolute Gasteiger partial charge is 0.231 e. The van der Waals surface area contributed by atoms with Crippen molar-refractivity contribution < 1.29 is 9.18 Å². The third-order valence-electron chi connectivity index (χ3n) is 5.03. The number of carbonyl (C=O) groups is 1. The van der Waals surface area contributed by atoms with E-state index in [1.54, 1.807) is 27.9 Å². The Balaban J connectivity index is 1.63. The largest absolute Gasteiger partial charge is 0.309 e. The second kappa shape index (κ2) is 7.16. The van der Waals surface area contributed by atoms with Gasteiger partial charge < -0.3 is 4.90 Å². The van der Waals surface area contributed by atoms with Crippen LogP contribution in [0.3, 0.4) is 0 Å². The van der Waals surface area contributed by atoms with Gasteiger partial charge in [0.05, 0.1) is 29.7 Å². The van der Waals surface area contributed by atoms with Crippen LogP contribution in [0.25, 0.3) is 5.69 Å². The minimum atomic E-state index is -0.284. The van der Waals surface area contributed by atoms with Gasteiger partial charge in [-0.05, 0) is 61.2 Å². The molecule has 0 bridgehead atoms. The summed E-state index contributed by atoms with van der Waals surface area (Å²) in [4.78, 5) is 14.8. The summed E-state index contributed by atoms with van der Waals surface area (Å²) in [5.41, 5.74) is 4.47. The lowest BCUT2D eigenvalue weighted by atomic mass is 10.0. The first-order chi connectivity index (χ1) is 13.0. The average molecular weight is 384 g/mol. The minimum absolute atomic E-state index is 0.0278. The average Bonchev–Trinajstić information content (AvgIpc) is 3.10. The zero-order valence-corrected chi connectivity index (χ0v) is 15.7. The Hall–Kier alpha value is -2.66. The van der Waals surface area contributed by atoms with Crippen molar-refractivity contribution in [2.24, 2.45) is 0 Å².